The Kier molecular flexibility index (Phi) is 3.81. The molecule has 0 radical (unpaired) electrons. The molecular formula is C12H8N4O3S. The predicted molar refractivity (Wildman–Crippen MR) is 73.4 cm³/mol. The van der Waals surface area contributed by atoms with Crippen LogP contribution in [0.25, 0.3) is 11.3 Å². The molecule has 0 fully saturated rings. The fourth-order valence-corrected chi connectivity index (χ4v) is 1.98. The Morgan fingerprint density at radius 3 is 2.55 bits per heavy atom. The van der Waals surface area contributed by atoms with Crippen molar-refractivity contribution >= 4 is 17.4 Å². The topological polar surface area (TPSA) is 113 Å². The lowest BCUT2D eigenvalue weighted by Crippen LogP contribution is -2.14. The number of hydrogen-bond acceptors (Lipinski definition) is 6. The molecule has 0 saturated heterocycles. The van der Waals surface area contributed by atoms with Crippen molar-refractivity contribution in [3.05, 3.63) is 50.3 Å². The second-order valence-electron chi connectivity index (χ2n) is 3.71. The van der Waals surface area contributed by atoms with Crippen LogP contribution in [0.15, 0.2) is 34.2 Å². The SMILES string of the molecule is CSc1nc(-c2ccc([N+](=O)[O-])cc2)c(C#N)c(=O)[nH]1. The van der Waals surface area contributed by atoms with Gasteiger partial charge in [0.05, 0.1) is 10.6 Å². The Hall–Kier alpha value is -2.66. The maximum absolute atomic E-state index is 11.8. The molecule has 1 N–H and O–H groups in total. The first-order valence-corrected chi connectivity index (χ1v) is 6.62. The van der Waals surface area contributed by atoms with Gasteiger partial charge in [0, 0.05) is 17.7 Å². The van der Waals surface area contributed by atoms with Crippen LogP contribution in [0.4, 0.5) is 5.69 Å². The van der Waals surface area contributed by atoms with Gasteiger partial charge in [0.1, 0.15) is 11.6 Å². The highest BCUT2D eigenvalue weighted by atomic mass is 32.2. The van der Waals surface area contributed by atoms with Gasteiger partial charge in [-0.15, -0.1) is 0 Å². The number of nitrogens with one attached hydrogen (secondary N) is 1. The van der Waals surface area contributed by atoms with Crippen molar-refractivity contribution in [1.29, 1.82) is 5.26 Å². The van der Waals surface area contributed by atoms with Gasteiger partial charge in [0.15, 0.2) is 5.16 Å². The van der Waals surface area contributed by atoms with Crippen LogP contribution in [0.2, 0.25) is 0 Å². The molecule has 7 nitrogen and oxygen atoms in total. The maximum atomic E-state index is 11.8. The first-order chi connectivity index (χ1) is 9.56. The third-order valence-electron chi connectivity index (χ3n) is 2.55. The summed E-state index contributed by atoms with van der Waals surface area (Å²) in [6, 6.07) is 7.34. The zero-order chi connectivity index (χ0) is 14.7. The second-order valence-corrected chi connectivity index (χ2v) is 4.51. The van der Waals surface area contributed by atoms with E-state index in [1.165, 1.54) is 36.0 Å². The highest BCUT2D eigenvalue weighted by Gasteiger charge is 2.14. The van der Waals surface area contributed by atoms with E-state index in [2.05, 4.69) is 9.97 Å². The molecule has 0 aliphatic carbocycles. The Morgan fingerprint density at radius 1 is 1.40 bits per heavy atom. The summed E-state index contributed by atoms with van der Waals surface area (Å²) in [6.45, 7) is 0. The van der Waals surface area contributed by atoms with E-state index >= 15 is 0 Å². The van der Waals surface area contributed by atoms with Crippen molar-refractivity contribution < 1.29 is 4.92 Å². The summed E-state index contributed by atoms with van der Waals surface area (Å²) in [7, 11) is 0. The maximum Gasteiger partial charge on any atom is 0.270 e. The minimum absolute atomic E-state index is 0.0674. The number of nitrogens with zero attached hydrogens (tertiary/aromatic N) is 3. The molecule has 0 atom stereocenters. The molecule has 1 aromatic heterocycles. The number of rotatable bonds is 3. The number of hydrogen-bond donors (Lipinski definition) is 1. The molecule has 8 heteroatoms. The number of thioether (sulfide) groups is 1. The van der Waals surface area contributed by atoms with Crippen LogP contribution in [0.1, 0.15) is 5.56 Å². The van der Waals surface area contributed by atoms with E-state index < -0.39 is 10.5 Å². The summed E-state index contributed by atoms with van der Waals surface area (Å²) in [4.78, 5) is 28.5. The van der Waals surface area contributed by atoms with Gasteiger partial charge in [-0.3, -0.25) is 14.9 Å². The highest BCUT2D eigenvalue weighted by Crippen LogP contribution is 2.23. The Labute approximate surface area is 117 Å². The number of nitro benzene ring substituents is 1. The van der Waals surface area contributed by atoms with Gasteiger partial charge in [0.2, 0.25) is 0 Å². The molecule has 2 aromatic rings. The molecule has 0 aliphatic heterocycles. The third-order valence-corrected chi connectivity index (χ3v) is 3.13. The minimum atomic E-state index is -0.528. The highest BCUT2D eigenvalue weighted by molar-refractivity contribution is 7.98. The Bertz CT molecular complexity index is 762. The van der Waals surface area contributed by atoms with E-state index in [-0.39, 0.29) is 16.9 Å². The van der Waals surface area contributed by atoms with Crippen molar-refractivity contribution in [3.8, 4) is 17.3 Å². The van der Waals surface area contributed by atoms with Crippen molar-refractivity contribution in [2.24, 2.45) is 0 Å². The van der Waals surface area contributed by atoms with E-state index in [0.29, 0.717) is 10.7 Å². The largest absolute Gasteiger partial charge is 0.300 e. The summed E-state index contributed by atoms with van der Waals surface area (Å²) in [6.07, 6.45) is 1.74. The number of aromatic nitrogens is 2. The van der Waals surface area contributed by atoms with Crippen LogP contribution in [0, 0.1) is 21.4 Å². The lowest BCUT2D eigenvalue weighted by Gasteiger charge is -2.04. The second kappa shape index (κ2) is 5.54. The summed E-state index contributed by atoms with van der Waals surface area (Å²) in [5, 5.41) is 20.0. The van der Waals surface area contributed by atoms with Crippen LogP contribution < -0.4 is 5.56 Å². The number of aromatic amines is 1. The normalized spacial score (nSPS) is 10.0. The van der Waals surface area contributed by atoms with E-state index in [9.17, 15) is 14.9 Å². The van der Waals surface area contributed by atoms with Gasteiger partial charge in [-0.05, 0) is 18.4 Å². The van der Waals surface area contributed by atoms with Gasteiger partial charge in [-0.2, -0.15) is 5.26 Å². The molecule has 1 heterocycles. The molecule has 100 valence electrons. The molecule has 1 aromatic carbocycles. The predicted octanol–water partition coefficient (Wildman–Crippen LogP) is 1.94. The van der Waals surface area contributed by atoms with Crippen molar-refractivity contribution in [2.45, 2.75) is 5.16 Å². The van der Waals surface area contributed by atoms with Crippen LogP contribution in [0.3, 0.4) is 0 Å². The van der Waals surface area contributed by atoms with E-state index in [1.54, 1.807) is 12.3 Å². The molecular weight excluding hydrogens is 280 g/mol. The lowest BCUT2D eigenvalue weighted by molar-refractivity contribution is -0.384. The molecule has 0 bridgehead atoms. The van der Waals surface area contributed by atoms with Gasteiger partial charge < -0.3 is 4.98 Å². The molecule has 20 heavy (non-hydrogen) atoms. The Balaban J connectivity index is 2.62. The van der Waals surface area contributed by atoms with Crippen molar-refractivity contribution in [2.75, 3.05) is 6.26 Å². The summed E-state index contributed by atoms with van der Waals surface area (Å²) in [5.41, 5.74) is -0.0110. The van der Waals surface area contributed by atoms with Gasteiger partial charge in [0.25, 0.3) is 11.2 Å². The average Bonchev–Trinajstić information content (AvgIpc) is 2.46. The number of H-pyrrole nitrogens is 1. The number of benzene rings is 1. The first kappa shape index (κ1) is 13.8. The van der Waals surface area contributed by atoms with Crippen molar-refractivity contribution in [1.82, 2.24) is 9.97 Å². The average molecular weight is 288 g/mol. The fraction of sp³-hybridized carbons (Fsp3) is 0.0833. The third kappa shape index (κ3) is 2.53. The Morgan fingerprint density at radius 2 is 2.05 bits per heavy atom. The molecule has 0 aliphatic rings. The molecule has 0 amide bonds. The van der Waals surface area contributed by atoms with E-state index in [1.807, 2.05) is 0 Å². The van der Waals surface area contributed by atoms with E-state index in [0.717, 1.165) is 0 Å². The van der Waals surface area contributed by atoms with E-state index in [4.69, 9.17) is 5.26 Å². The van der Waals surface area contributed by atoms with Gasteiger partial charge >= 0.3 is 0 Å². The zero-order valence-corrected chi connectivity index (χ0v) is 11.1. The number of nitro groups is 1. The molecule has 0 saturated carbocycles. The van der Waals surface area contributed by atoms with Crippen molar-refractivity contribution in [3.63, 3.8) is 0 Å². The van der Waals surface area contributed by atoms with Crippen LogP contribution in [-0.4, -0.2) is 21.1 Å². The first-order valence-electron chi connectivity index (χ1n) is 5.40. The summed E-state index contributed by atoms with van der Waals surface area (Å²) < 4.78 is 0. The van der Waals surface area contributed by atoms with Gasteiger partial charge in [-0.1, -0.05) is 11.8 Å². The number of nitriles is 1. The minimum Gasteiger partial charge on any atom is -0.300 e. The lowest BCUT2D eigenvalue weighted by atomic mass is 10.1. The quantitative estimate of drug-likeness (QED) is 0.399. The van der Waals surface area contributed by atoms with Crippen LogP contribution in [-0.2, 0) is 0 Å². The van der Waals surface area contributed by atoms with Crippen LogP contribution in [0.5, 0.6) is 0 Å². The van der Waals surface area contributed by atoms with Gasteiger partial charge in [-0.25, -0.2) is 4.98 Å². The number of non-ortho nitro benzene ring substituents is 1. The summed E-state index contributed by atoms with van der Waals surface area (Å²) in [5.74, 6) is 0. The molecule has 2 rings (SSSR count). The smallest absolute Gasteiger partial charge is 0.270 e. The zero-order valence-electron chi connectivity index (χ0n) is 10.3. The molecule has 0 spiro atoms. The summed E-state index contributed by atoms with van der Waals surface area (Å²) >= 11 is 1.23. The fourth-order valence-electron chi connectivity index (χ4n) is 1.60. The van der Waals surface area contributed by atoms with Crippen LogP contribution >= 0.6 is 11.8 Å². The standard InChI is InChI=1S/C12H8N4O3S/c1-20-12-14-10(9(6-13)11(17)15-12)7-2-4-8(5-3-7)16(18)19/h2-5H,1H3,(H,14,15,17). The molecule has 0 unspecified atom stereocenters. The monoisotopic (exact) mass is 288 g/mol.